The summed E-state index contributed by atoms with van der Waals surface area (Å²) in [6.45, 7) is 12.4. The van der Waals surface area contributed by atoms with Crippen LogP contribution in [-0.4, -0.2) is 23.5 Å². The Morgan fingerprint density at radius 3 is 1.45 bits per heavy atom. The van der Waals surface area contributed by atoms with Crippen LogP contribution in [0.2, 0.25) is 0 Å². The fraction of sp³-hybridized carbons (Fsp3) is 0.571. The standard InChI is InChI=1S/C14H22N3.2ClH.Fe/c1-13(2,3)15-9-11-7-8-12(17-11)10-16-14(4,5)6;;;/h7-10H,1-6H3;2*1H;/q-1;;;+3/p-2. The van der Waals surface area contributed by atoms with Gasteiger partial charge in [0.2, 0.25) is 0 Å². The number of halogens is 2. The van der Waals surface area contributed by atoms with Crippen LogP contribution >= 0.6 is 20.2 Å². The summed E-state index contributed by atoms with van der Waals surface area (Å²) in [4.78, 5) is 13.3. The molecule has 0 N–H and O–H groups in total. The molecule has 0 aliphatic rings. The average Bonchev–Trinajstić information content (AvgIpc) is 2.71. The van der Waals surface area contributed by atoms with Gasteiger partial charge in [0.25, 0.3) is 0 Å². The Morgan fingerprint density at radius 2 is 1.20 bits per heavy atom. The summed E-state index contributed by atoms with van der Waals surface area (Å²) in [5, 5.41) is 0. The van der Waals surface area contributed by atoms with Gasteiger partial charge in [0.1, 0.15) is 0 Å². The van der Waals surface area contributed by atoms with Crippen molar-refractivity contribution in [2.45, 2.75) is 52.6 Å². The number of aromatic nitrogens is 1. The summed E-state index contributed by atoms with van der Waals surface area (Å²) < 4.78 is 0. The zero-order valence-electron chi connectivity index (χ0n) is 12.8. The first kappa shape index (κ1) is 19.7. The molecule has 0 amide bonds. The maximum atomic E-state index is 4.76. The van der Waals surface area contributed by atoms with E-state index in [2.05, 4.69) is 56.5 Å². The molecule has 0 atom stereocenters. The average molecular weight is 359 g/mol. The van der Waals surface area contributed by atoms with Crippen LogP contribution in [0.5, 0.6) is 0 Å². The van der Waals surface area contributed by atoms with Crippen molar-refractivity contribution < 1.29 is 13.1 Å². The predicted molar refractivity (Wildman–Crippen MR) is 86.2 cm³/mol. The molecule has 1 aromatic rings. The number of nitrogens with zero attached hydrogens (tertiary/aromatic N) is 3. The fourth-order valence-electron chi connectivity index (χ4n) is 1.06. The Balaban J connectivity index is 0.00000110. The molecule has 0 spiro atoms. The summed E-state index contributed by atoms with van der Waals surface area (Å²) in [6.07, 6.45) is 3.63. The molecule has 0 unspecified atom stereocenters. The molecule has 3 nitrogen and oxygen atoms in total. The van der Waals surface area contributed by atoms with Gasteiger partial charge in [0.05, 0.1) is 11.1 Å². The second-order valence-corrected chi connectivity index (χ2v) is 8.03. The quantitative estimate of drug-likeness (QED) is 0.568. The van der Waals surface area contributed by atoms with Crippen LogP contribution in [0.1, 0.15) is 52.9 Å². The molecule has 115 valence electrons. The summed E-state index contributed by atoms with van der Waals surface area (Å²) in [5.74, 6) is 0. The van der Waals surface area contributed by atoms with Crippen molar-refractivity contribution in [3.05, 3.63) is 23.5 Å². The molecule has 0 saturated heterocycles. The minimum absolute atomic E-state index is 0.0569. The van der Waals surface area contributed by atoms with Gasteiger partial charge in [-0.15, -0.1) is 11.4 Å². The molecule has 0 aliphatic heterocycles. The second-order valence-electron chi connectivity index (χ2n) is 6.20. The van der Waals surface area contributed by atoms with Crippen LogP contribution < -0.4 is 4.98 Å². The molecular formula is C14H22Cl2FeN3. The van der Waals surface area contributed by atoms with Gasteiger partial charge in [0, 0.05) is 12.4 Å². The third kappa shape index (κ3) is 11.5. The van der Waals surface area contributed by atoms with Gasteiger partial charge in [-0.25, -0.2) is 0 Å². The summed E-state index contributed by atoms with van der Waals surface area (Å²) in [6, 6.07) is 3.92. The van der Waals surface area contributed by atoms with Crippen LogP contribution in [0.25, 0.3) is 0 Å². The van der Waals surface area contributed by atoms with E-state index >= 15 is 0 Å². The van der Waals surface area contributed by atoms with Gasteiger partial charge in [-0.3, -0.25) is 9.98 Å². The van der Waals surface area contributed by atoms with E-state index in [9.17, 15) is 0 Å². The van der Waals surface area contributed by atoms with Gasteiger partial charge in [-0.2, -0.15) is 0 Å². The monoisotopic (exact) mass is 358 g/mol. The van der Waals surface area contributed by atoms with Gasteiger partial charge in [-0.1, -0.05) is 12.1 Å². The Labute approximate surface area is 136 Å². The van der Waals surface area contributed by atoms with Crippen LogP contribution in [0.15, 0.2) is 22.1 Å². The van der Waals surface area contributed by atoms with E-state index in [1.54, 1.807) is 0 Å². The summed E-state index contributed by atoms with van der Waals surface area (Å²) >= 11 is 0.194. The van der Waals surface area contributed by atoms with Crippen molar-refractivity contribution in [1.29, 1.82) is 0 Å². The molecule has 0 radical (unpaired) electrons. The molecule has 20 heavy (non-hydrogen) atoms. The Kier molecular flexibility index (Phi) is 8.76. The first-order valence-corrected chi connectivity index (χ1v) is 9.20. The zero-order chi connectivity index (χ0) is 15.8. The SMILES string of the molecule is CC(C)(C)N=Cc1ccc(C=NC(C)(C)C)[n-]1.[Cl][Fe+][Cl]. The molecule has 1 aromatic heterocycles. The van der Waals surface area contributed by atoms with Gasteiger partial charge in [0.15, 0.2) is 0 Å². The van der Waals surface area contributed by atoms with Crippen LogP contribution in [0, 0.1) is 0 Å². The zero-order valence-corrected chi connectivity index (χ0v) is 15.4. The molecule has 0 saturated carbocycles. The molecular weight excluding hydrogens is 337 g/mol. The van der Waals surface area contributed by atoms with E-state index in [4.69, 9.17) is 20.2 Å². The number of hydrogen-bond donors (Lipinski definition) is 0. The van der Waals surface area contributed by atoms with E-state index in [0.717, 1.165) is 11.4 Å². The normalized spacial score (nSPS) is 12.8. The molecule has 6 heteroatoms. The predicted octanol–water partition coefficient (Wildman–Crippen LogP) is 4.46. The molecule has 0 aliphatic carbocycles. The Hall–Kier alpha value is -0.281. The van der Waals surface area contributed by atoms with Crippen molar-refractivity contribution in [3.63, 3.8) is 0 Å². The minimum atomic E-state index is -0.0569. The number of hydrogen-bond acceptors (Lipinski definition) is 2. The van der Waals surface area contributed by atoms with E-state index < -0.39 is 0 Å². The van der Waals surface area contributed by atoms with Crippen LogP contribution in [0.4, 0.5) is 0 Å². The first-order valence-electron chi connectivity index (χ1n) is 6.17. The van der Waals surface area contributed by atoms with Crippen molar-refractivity contribution in [2.24, 2.45) is 9.98 Å². The third-order valence-electron chi connectivity index (χ3n) is 1.85. The molecule has 1 rings (SSSR count). The number of aliphatic imine (C=N–C) groups is 2. The van der Waals surface area contributed by atoms with Crippen molar-refractivity contribution in [2.75, 3.05) is 0 Å². The Morgan fingerprint density at radius 1 is 0.900 bits per heavy atom. The van der Waals surface area contributed by atoms with E-state index in [-0.39, 0.29) is 24.2 Å². The van der Waals surface area contributed by atoms with Crippen LogP contribution in [0.3, 0.4) is 0 Å². The van der Waals surface area contributed by atoms with E-state index in [1.165, 1.54) is 0 Å². The summed E-state index contributed by atoms with van der Waals surface area (Å²) in [5.41, 5.74) is 1.66. The third-order valence-corrected chi connectivity index (χ3v) is 1.85. The van der Waals surface area contributed by atoms with Crippen LogP contribution in [-0.2, 0) is 13.1 Å². The summed E-state index contributed by atoms with van der Waals surface area (Å²) in [7, 11) is 9.53. The Bertz CT molecular complexity index is 402. The van der Waals surface area contributed by atoms with Crippen molar-refractivity contribution >= 4 is 32.6 Å². The van der Waals surface area contributed by atoms with Gasteiger partial charge < -0.3 is 4.98 Å². The first-order chi connectivity index (χ1) is 9.07. The molecule has 0 fully saturated rings. The van der Waals surface area contributed by atoms with Crippen molar-refractivity contribution in [1.82, 2.24) is 4.98 Å². The molecule has 0 aromatic carbocycles. The van der Waals surface area contributed by atoms with E-state index in [0.29, 0.717) is 0 Å². The van der Waals surface area contributed by atoms with Gasteiger partial charge >= 0.3 is 33.3 Å². The van der Waals surface area contributed by atoms with Gasteiger partial charge in [-0.05, 0) is 41.5 Å². The fourth-order valence-corrected chi connectivity index (χ4v) is 1.06. The molecule has 1 heterocycles. The second kappa shape index (κ2) is 8.89. The maximum absolute atomic E-state index is 4.76. The molecule has 0 bridgehead atoms. The van der Waals surface area contributed by atoms with E-state index in [1.807, 2.05) is 24.6 Å². The number of rotatable bonds is 2. The van der Waals surface area contributed by atoms with Crippen molar-refractivity contribution in [3.8, 4) is 0 Å². The topological polar surface area (TPSA) is 38.8 Å².